The molecule has 0 aromatic carbocycles. The van der Waals surface area contributed by atoms with Crippen LogP contribution in [0.1, 0.15) is 18.6 Å². The molecule has 0 atom stereocenters. The maximum atomic E-state index is 11.2. The van der Waals surface area contributed by atoms with Gasteiger partial charge in [-0.3, -0.25) is 4.79 Å². The SMILES string of the molecule is CN(C)C(=O)CCCNCCc1ccco1. The summed E-state index contributed by atoms with van der Waals surface area (Å²) in [5.74, 6) is 1.18. The van der Waals surface area contributed by atoms with E-state index in [1.54, 1.807) is 25.3 Å². The van der Waals surface area contributed by atoms with Crippen molar-refractivity contribution in [3.05, 3.63) is 24.2 Å². The molecule has 90 valence electrons. The molecule has 0 fully saturated rings. The zero-order valence-corrected chi connectivity index (χ0v) is 10.0. The van der Waals surface area contributed by atoms with Crippen LogP contribution in [0.4, 0.5) is 0 Å². The van der Waals surface area contributed by atoms with Crippen LogP contribution in [-0.4, -0.2) is 38.0 Å². The number of rotatable bonds is 7. The first kappa shape index (κ1) is 12.8. The lowest BCUT2D eigenvalue weighted by Crippen LogP contribution is -2.24. The topological polar surface area (TPSA) is 45.5 Å². The van der Waals surface area contributed by atoms with Gasteiger partial charge in [0.05, 0.1) is 6.26 Å². The van der Waals surface area contributed by atoms with Gasteiger partial charge in [-0.25, -0.2) is 0 Å². The molecule has 1 heterocycles. The van der Waals surface area contributed by atoms with Crippen LogP contribution in [0.5, 0.6) is 0 Å². The Labute approximate surface area is 96.6 Å². The molecule has 4 heteroatoms. The largest absolute Gasteiger partial charge is 0.469 e. The van der Waals surface area contributed by atoms with E-state index < -0.39 is 0 Å². The average molecular weight is 224 g/mol. The third kappa shape index (κ3) is 4.98. The van der Waals surface area contributed by atoms with E-state index in [9.17, 15) is 4.79 Å². The summed E-state index contributed by atoms with van der Waals surface area (Å²) in [5, 5.41) is 3.29. The second-order valence-corrected chi connectivity index (χ2v) is 3.97. The Hall–Kier alpha value is -1.29. The van der Waals surface area contributed by atoms with Crippen molar-refractivity contribution in [2.45, 2.75) is 19.3 Å². The van der Waals surface area contributed by atoms with Gasteiger partial charge in [0.25, 0.3) is 0 Å². The molecule has 0 unspecified atom stereocenters. The van der Waals surface area contributed by atoms with Gasteiger partial charge in [-0.15, -0.1) is 0 Å². The Kier molecular flexibility index (Phi) is 5.64. The minimum atomic E-state index is 0.188. The van der Waals surface area contributed by atoms with Gasteiger partial charge in [-0.1, -0.05) is 0 Å². The van der Waals surface area contributed by atoms with Crippen molar-refractivity contribution in [3.8, 4) is 0 Å². The van der Waals surface area contributed by atoms with Crippen LogP contribution >= 0.6 is 0 Å². The number of hydrogen-bond acceptors (Lipinski definition) is 3. The van der Waals surface area contributed by atoms with Crippen LogP contribution in [0.25, 0.3) is 0 Å². The molecule has 0 saturated carbocycles. The van der Waals surface area contributed by atoms with Gasteiger partial charge in [-0.05, 0) is 25.1 Å². The van der Waals surface area contributed by atoms with E-state index in [1.807, 2.05) is 12.1 Å². The van der Waals surface area contributed by atoms with Gasteiger partial charge in [-0.2, -0.15) is 0 Å². The summed E-state index contributed by atoms with van der Waals surface area (Å²) in [5.41, 5.74) is 0. The molecule has 0 radical (unpaired) electrons. The summed E-state index contributed by atoms with van der Waals surface area (Å²) < 4.78 is 5.21. The van der Waals surface area contributed by atoms with Crippen molar-refractivity contribution in [1.29, 1.82) is 0 Å². The maximum absolute atomic E-state index is 11.2. The van der Waals surface area contributed by atoms with Crippen molar-refractivity contribution >= 4 is 5.91 Å². The second kappa shape index (κ2) is 7.06. The summed E-state index contributed by atoms with van der Waals surface area (Å²) in [6.07, 6.45) is 4.08. The summed E-state index contributed by atoms with van der Waals surface area (Å²) in [6, 6.07) is 3.86. The first-order valence-corrected chi connectivity index (χ1v) is 5.63. The number of hydrogen-bond donors (Lipinski definition) is 1. The molecule has 0 aliphatic carbocycles. The first-order chi connectivity index (χ1) is 7.70. The second-order valence-electron chi connectivity index (χ2n) is 3.97. The molecule has 1 aromatic rings. The minimum absolute atomic E-state index is 0.188. The highest BCUT2D eigenvalue weighted by Gasteiger charge is 2.02. The van der Waals surface area contributed by atoms with Crippen molar-refractivity contribution in [2.75, 3.05) is 27.2 Å². The number of carbonyl (C=O) groups is 1. The van der Waals surface area contributed by atoms with Crippen molar-refractivity contribution in [2.24, 2.45) is 0 Å². The standard InChI is InChI=1S/C12H20N2O2/c1-14(2)12(15)6-3-8-13-9-7-11-5-4-10-16-11/h4-5,10,13H,3,6-9H2,1-2H3. The van der Waals surface area contributed by atoms with Crippen LogP contribution in [0, 0.1) is 0 Å². The fourth-order valence-corrected chi connectivity index (χ4v) is 1.38. The van der Waals surface area contributed by atoms with Gasteiger partial charge in [0.2, 0.25) is 5.91 Å². The smallest absolute Gasteiger partial charge is 0.222 e. The monoisotopic (exact) mass is 224 g/mol. The van der Waals surface area contributed by atoms with Crippen molar-refractivity contribution in [1.82, 2.24) is 10.2 Å². The number of furan rings is 1. The highest BCUT2D eigenvalue weighted by Crippen LogP contribution is 1.99. The van der Waals surface area contributed by atoms with Gasteiger partial charge in [0.15, 0.2) is 0 Å². The van der Waals surface area contributed by atoms with Gasteiger partial charge in [0, 0.05) is 33.5 Å². The van der Waals surface area contributed by atoms with Crippen LogP contribution in [-0.2, 0) is 11.2 Å². The highest BCUT2D eigenvalue weighted by molar-refractivity contribution is 5.75. The fraction of sp³-hybridized carbons (Fsp3) is 0.583. The third-order valence-corrected chi connectivity index (χ3v) is 2.37. The van der Waals surface area contributed by atoms with E-state index >= 15 is 0 Å². The highest BCUT2D eigenvalue weighted by atomic mass is 16.3. The lowest BCUT2D eigenvalue weighted by atomic mass is 10.2. The molecule has 1 amide bonds. The molecule has 0 aliphatic heterocycles. The van der Waals surface area contributed by atoms with Crippen LogP contribution in [0.15, 0.2) is 22.8 Å². The van der Waals surface area contributed by atoms with Crippen LogP contribution < -0.4 is 5.32 Å². The zero-order valence-electron chi connectivity index (χ0n) is 10.0. The Morgan fingerprint density at radius 1 is 1.44 bits per heavy atom. The number of nitrogens with one attached hydrogen (secondary N) is 1. The Morgan fingerprint density at radius 3 is 2.88 bits per heavy atom. The van der Waals surface area contributed by atoms with Crippen molar-refractivity contribution in [3.63, 3.8) is 0 Å². The number of amides is 1. The summed E-state index contributed by atoms with van der Waals surface area (Å²) >= 11 is 0. The van der Waals surface area contributed by atoms with E-state index in [1.165, 1.54) is 0 Å². The average Bonchev–Trinajstić information content (AvgIpc) is 2.75. The first-order valence-electron chi connectivity index (χ1n) is 5.63. The Morgan fingerprint density at radius 2 is 2.25 bits per heavy atom. The molecule has 1 aromatic heterocycles. The Balaban J connectivity index is 1.94. The third-order valence-electron chi connectivity index (χ3n) is 2.37. The Bertz CT molecular complexity index is 294. The molecule has 0 bridgehead atoms. The van der Waals surface area contributed by atoms with Gasteiger partial charge < -0.3 is 14.6 Å². The number of carbonyl (C=O) groups excluding carboxylic acids is 1. The molecule has 0 aliphatic rings. The van der Waals surface area contributed by atoms with Crippen LogP contribution in [0.2, 0.25) is 0 Å². The molecular weight excluding hydrogens is 204 g/mol. The predicted octanol–water partition coefficient (Wildman–Crippen LogP) is 1.28. The molecule has 1 rings (SSSR count). The lowest BCUT2D eigenvalue weighted by Gasteiger charge is -2.09. The summed E-state index contributed by atoms with van der Waals surface area (Å²) in [4.78, 5) is 12.9. The van der Waals surface area contributed by atoms with Gasteiger partial charge >= 0.3 is 0 Å². The molecule has 4 nitrogen and oxygen atoms in total. The van der Waals surface area contributed by atoms with E-state index in [4.69, 9.17) is 4.42 Å². The van der Waals surface area contributed by atoms with Gasteiger partial charge in [0.1, 0.15) is 5.76 Å². The molecule has 0 saturated heterocycles. The van der Waals surface area contributed by atoms with Crippen LogP contribution in [0.3, 0.4) is 0 Å². The minimum Gasteiger partial charge on any atom is -0.469 e. The van der Waals surface area contributed by atoms with E-state index in [0.29, 0.717) is 6.42 Å². The predicted molar refractivity (Wildman–Crippen MR) is 63.2 cm³/mol. The summed E-state index contributed by atoms with van der Waals surface area (Å²) in [6.45, 7) is 1.77. The molecule has 16 heavy (non-hydrogen) atoms. The normalized spacial score (nSPS) is 10.4. The molecular formula is C12H20N2O2. The maximum Gasteiger partial charge on any atom is 0.222 e. The molecule has 1 N–H and O–H groups in total. The number of nitrogens with zero attached hydrogens (tertiary/aromatic N) is 1. The van der Waals surface area contributed by atoms with E-state index in [0.717, 1.165) is 31.7 Å². The van der Waals surface area contributed by atoms with E-state index in [-0.39, 0.29) is 5.91 Å². The fourth-order valence-electron chi connectivity index (χ4n) is 1.38. The quantitative estimate of drug-likeness (QED) is 0.710. The lowest BCUT2D eigenvalue weighted by molar-refractivity contribution is -0.128. The summed E-state index contributed by atoms with van der Waals surface area (Å²) in [7, 11) is 3.57. The zero-order chi connectivity index (χ0) is 11.8. The van der Waals surface area contributed by atoms with Crippen molar-refractivity contribution < 1.29 is 9.21 Å². The molecule has 0 spiro atoms. The van der Waals surface area contributed by atoms with E-state index in [2.05, 4.69) is 5.32 Å².